The van der Waals surface area contributed by atoms with Gasteiger partial charge in [0.2, 0.25) is 5.91 Å². The molecule has 2 aliphatic rings. The quantitative estimate of drug-likeness (QED) is 0.901. The SMILES string of the molecule is Cc1ccc(C2NC(C)C(=O)N2C2CCCC2C)s1. The van der Waals surface area contributed by atoms with E-state index in [1.54, 1.807) is 11.3 Å². The maximum Gasteiger partial charge on any atom is 0.241 e. The van der Waals surface area contributed by atoms with Crippen LogP contribution in [0.1, 0.15) is 49.0 Å². The van der Waals surface area contributed by atoms with Gasteiger partial charge in [0, 0.05) is 15.8 Å². The van der Waals surface area contributed by atoms with E-state index >= 15 is 0 Å². The van der Waals surface area contributed by atoms with Crippen molar-refractivity contribution >= 4 is 17.2 Å². The fraction of sp³-hybridized carbons (Fsp3) is 0.667. The van der Waals surface area contributed by atoms with Gasteiger partial charge in [0.05, 0.1) is 6.04 Å². The van der Waals surface area contributed by atoms with Crippen LogP contribution in [0.3, 0.4) is 0 Å². The Hall–Kier alpha value is -0.870. The number of carbonyl (C=O) groups is 1. The molecule has 4 unspecified atom stereocenters. The van der Waals surface area contributed by atoms with Gasteiger partial charge in [-0.05, 0) is 44.7 Å². The van der Waals surface area contributed by atoms with Gasteiger partial charge in [0.1, 0.15) is 6.17 Å². The summed E-state index contributed by atoms with van der Waals surface area (Å²) in [6.45, 7) is 6.39. The predicted molar refractivity (Wildman–Crippen MR) is 78.0 cm³/mol. The molecule has 1 N–H and O–H groups in total. The van der Waals surface area contributed by atoms with Crippen LogP contribution in [0.2, 0.25) is 0 Å². The second kappa shape index (κ2) is 4.91. The maximum absolute atomic E-state index is 12.5. The van der Waals surface area contributed by atoms with Crippen LogP contribution in [0.4, 0.5) is 0 Å². The third kappa shape index (κ3) is 2.21. The first-order valence-electron chi connectivity index (χ1n) is 7.22. The van der Waals surface area contributed by atoms with Crippen LogP contribution in [-0.4, -0.2) is 22.9 Å². The Morgan fingerprint density at radius 3 is 2.68 bits per heavy atom. The summed E-state index contributed by atoms with van der Waals surface area (Å²) < 4.78 is 0. The summed E-state index contributed by atoms with van der Waals surface area (Å²) in [5.74, 6) is 0.898. The van der Waals surface area contributed by atoms with Gasteiger partial charge >= 0.3 is 0 Å². The number of amides is 1. The van der Waals surface area contributed by atoms with E-state index in [0.29, 0.717) is 12.0 Å². The zero-order chi connectivity index (χ0) is 13.6. The first-order chi connectivity index (χ1) is 9.08. The standard InChI is InChI=1S/C15H22N2OS/c1-9-5-4-6-12(9)17-14(16-11(3)15(17)18)13-8-7-10(2)19-13/h7-9,11-12,14,16H,4-6H2,1-3H3. The van der Waals surface area contributed by atoms with Crippen LogP contribution in [0, 0.1) is 12.8 Å². The maximum atomic E-state index is 12.5. The van der Waals surface area contributed by atoms with Crippen molar-refractivity contribution in [2.24, 2.45) is 5.92 Å². The second-order valence-electron chi connectivity index (χ2n) is 5.96. The van der Waals surface area contributed by atoms with Gasteiger partial charge in [-0.1, -0.05) is 13.3 Å². The lowest BCUT2D eigenvalue weighted by Crippen LogP contribution is -2.41. The van der Waals surface area contributed by atoms with Crippen molar-refractivity contribution in [1.82, 2.24) is 10.2 Å². The molecule has 2 heterocycles. The molecule has 4 atom stereocenters. The molecular weight excluding hydrogens is 256 g/mol. The molecule has 4 heteroatoms. The van der Waals surface area contributed by atoms with Gasteiger partial charge in [-0.3, -0.25) is 10.1 Å². The molecule has 3 rings (SSSR count). The topological polar surface area (TPSA) is 32.3 Å². The molecule has 104 valence electrons. The predicted octanol–water partition coefficient (Wildman–Crippen LogP) is 3.06. The molecule has 19 heavy (non-hydrogen) atoms. The van der Waals surface area contributed by atoms with Gasteiger partial charge in [-0.2, -0.15) is 0 Å². The summed E-state index contributed by atoms with van der Waals surface area (Å²) in [7, 11) is 0. The molecule has 1 aromatic rings. The second-order valence-corrected chi connectivity index (χ2v) is 7.28. The molecule has 1 aromatic heterocycles. The van der Waals surface area contributed by atoms with Crippen molar-refractivity contribution in [3.05, 3.63) is 21.9 Å². The highest BCUT2D eigenvalue weighted by atomic mass is 32.1. The van der Waals surface area contributed by atoms with Crippen LogP contribution in [0.25, 0.3) is 0 Å². The number of nitrogens with one attached hydrogen (secondary N) is 1. The van der Waals surface area contributed by atoms with Gasteiger partial charge in [0.15, 0.2) is 0 Å². The van der Waals surface area contributed by atoms with Crippen molar-refractivity contribution in [2.75, 3.05) is 0 Å². The number of carbonyl (C=O) groups excluding carboxylic acids is 1. The zero-order valence-corrected chi connectivity index (χ0v) is 12.7. The Morgan fingerprint density at radius 2 is 2.11 bits per heavy atom. The Balaban J connectivity index is 1.91. The molecule has 2 fully saturated rings. The fourth-order valence-corrected chi connectivity index (χ4v) is 4.39. The largest absolute Gasteiger partial charge is 0.317 e. The number of thiophene rings is 1. The highest BCUT2D eigenvalue weighted by Crippen LogP contribution is 2.38. The van der Waals surface area contributed by atoms with Crippen LogP contribution >= 0.6 is 11.3 Å². The van der Waals surface area contributed by atoms with E-state index in [9.17, 15) is 4.79 Å². The van der Waals surface area contributed by atoms with Crippen molar-refractivity contribution in [3.8, 4) is 0 Å². The van der Waals surface area contributed by atoms with Gasteiger partial charge in [-0.15, -0.1) is 11.3 Å². The molecule has 1 saturated carbocycles. The Bertz CT molecular complexity index is 484. The molecule has 0 bridgehead atoms. The lowest BCUT2D eigenvalue weighted by Gasteiger charge is -2.32. The third-order valence-electron chi connectivity index (χ3n) is 4.52. The van der Waals surface area contributed by atoms with Gasteiger partial charge in [0.25, 0.3) is 0 Å². The van der Waals surface area contributed by atoms with Gasteiger partial charge < -0.3 is 4.90 Å². The fourth-order valence-electron chi connectivity index (χ4n) is 3.45. The molecule has 0 radical (unpaired) electrons. The molecular formula is C15H22N2OS. The van der Waals surface area contributed by atoms with Crippen molar-refractivity contribution in [1.29, 1.82) is 0 Å². The summed E-state index contributed by atoms with van der Waals surface area (Å²) in [5.41, 5.74) is 0. The molecule has 1 saturated heterocycles. The van der Waals surface area contributed by atoms with E-state index in [1.165, 1.54) is 22.6 Å². The molecule has 3 nitrogen and oxygen atoms in total. The van der Waals surface area contributed by atoms with E-state index in [0.717, 1.165) is 6.42 Å². The summed E-state index contributed by atoms with van der Waals surface area (Å²) in [4.78, 5) is 17.2. The first-order valence-corrected chi connectivity index (χ1v) is 8.04. The molecule has 0 aromatic carbocycles. The lowest BCUT2D eigenvalue weighted by atomic mass is 10.0. The average molecular weight is 278 g/mol. The molecule has 1 aliphatic heterocycles. The Morgan fingerprint density at radius 1 is 1.32 bits per heavy atom. The van der Waals surface area contributed by atoms with Crippen molar-refractivity contribution in [3.63, 3.8) is 0 Å². The minimum Gasteiger partial charge on any atom is -0.317 e. The third-order valence-corrected chi connectivity index (χ3v) is 5.57. The van der Waals surface area contributed by atoms with E-state index in [1.807, 2.05) is 6.92 Å². The van der Waals surface area contributed by atoms with E-state index < -0.39 is 0 Å². The number of hydrogen-bond acceptors (Lipinski definition) is 3. The lowest BCUT2D eigenvalue weighted by molar-refractivity contribution is -0.132. The van der Waals surface area contributed by atoms with Crippen molar-refractivity contribution < 1.29 is 4.79 Å². The van der Waals surface area contributed by atoms with Crippen LogP contribution < -0.4 is 5.32 Å². The van der Waals surface area contributed by atoms with Crippen LogP contribution in [0.5, 0.6) is 0 Å². The summed E-state index contributed by atoms with van der Waals surface area (Å²) in [6, 6.07) is 4.67. The highest BCUT2D eigenvalue weighted by Gasteiger charge is 2.44. The molecule has 0 spiro atoms. The summed E-state index contributed by atoms with van der Waals surface area (Å²) >= 11 is 1.80. The number of nitrogens with zero attached hydrogens (tertiary/aromatic N) is 1. The number of rotatable bonds is 2. The van der Waals surface area contributed by atoms with E-state index in [2.05, 4.69) is 36.2 Å². The van der Waals surface area contributed by atoms with E-state index in [4.69, 9.17) is 0 Å². The normalized spacial score (nSPS) is 35.3. The number of aryl methyl sites for hydroxylation is 1. The van der Waals surface area contributed by atoms with E-state index in [-0.39, 0.29) is 18.1 Å². The van der Waals surface area contributed by atoms with Crippen LogP contribution in [0.15, 0.2) is 12.1 Å². The highest BCUT2D eigenvalue weighted by molar-refractivity contribution is 7.12. The molecule has 1 aliphatic carbocycles. The summed E-state index contributed by atoms with van der Waals surface area (Å²) in [6.07, 6.45) is 3.74. The smallest absolute Gasteiger partial charge is 0.241 e. The van der Waals surface area contributed by atoms with Crippen molar-refractivity contribution in [2.45, 2.75) is 58.3 Å². The Labute approximate surface area is 119 Å². The molecule has 1 amide bonds. The first kappa shape index (κ1) is 13.1. The number of hydrogen-bond donors (Lipinski definition) is 1. The minimum absolute atomic E-state index is 0.0554. The minimum atomic E-state index is -0.0554. The zero-order valence-electron chi connectivity index (χ0n) is 11.8. The van der Waals surface area contributed by atoms with Gasteiger partial charge in [-0.25, -0.2) is 0 Å². The monoisotopic (exact) mass is 278 g/mol. The summed E-state index contributed by atoms with van der Waals surface area (Å²) in [5, 5.41) is 3.47. The Kier molecular flexibility index (Phi) is 3.39. The van der Waals surface area contributed by atoms with Crippen LogP contribution in [-0.2, 0) is 4.79 Å². The average Bonchev–Trinajstić information content (AvgIpc) is 3.03.